The average Bonchev–Trinajstić information content (AvgIpc) is 2.76. The Labute approximate surface area is 184 Å². The number of hydrogen-bond acceptors (Lipinski definition) is 5. The van der Waals surface area contributed by atoms with Crippen LogP contribution in [0.15, 0.2) is 42.5 Å². The van der Waals surface area contributed by atoms with Crippen LogP contribution in [0.2, 0.25) is 0 Å². The maximum absolute atomic E-state index is 12.3. The molecule has 0 radical (unpaired) electrons. The van der Waals surface area contributed by atoms with E-state index in [1.807, 2.05) is 57.2 Å². The zero-order chi connectivity index (χ0) is 22.2. The lowest BCUT2D eigenvalue weighted by molar-refractivity contribution is -0.125. The highest BCUT2D eigenvalue weighted by atomic mass is 16.5. The highest BCUT2D eigenvalue weighted by Crippen LogP contribution is 2.28. The SMILES string of the molecule is CCOc1ccccc1N1CCN(CC(=O)NCC(=O)Nc2c(C)cccc2C)CC1. The summed E-state index contributed by atoms with van der Waals surface area (Å²) < 4.78 is 5.74. The first-order valence-corrected chi connectivity index (χ1v) is 10.8. The molecule has 1 fully saturated rings. The zero-order valence-electron chi connectivity index (χ0n) is 18.6. The van der Waals surface area contributed by atoms with Crippen molar-refractivity contribution in [2.45, 2.75) is 20.8 Å². The normalized spacial score (nSPS) is 14.2. The summed E-state index contributed by atoms with van der Waals surface area (Å²) in [6.45, 7) is 9.98. The Bertz CT molecular complexity index is 887. The van der Waals surface area contributed by atoms with Crippen LogP contribution in [-0.4, -0.2) is 62.6 Å². The van der Waals surface area contributed by atoms with E-state index in [1.165, 1.54) is 0 Å². The number of amides is 2. The number of rotatable bonds is 8. The van der Waals surface area contributed by atoms with Gasteiger partial charge in [-0.15, -0.1) is 0 Å². The molecule has 1 aliphatic heterocycles. The molecule has 7 heteroatoms. The largest absolute Gasteiger partial charge is 0.492 e. The Morgan fingerprint density at radius 3 is 2.29 bits per heavy atom. The molecule has 2 N–H and O–H groups in total. The van der Waals surface area contributed by atoms with Gasteiger partial charge in [0, 0.05) is 31.9 Å². The maximum Gasteiger partial charge on any atom is 0.243 e. The molecule has 1 saturated heterocycles. The summed E-state index contributed by atoms with van der Waals surface area (Å²) in [6.07, 6.45) is 0. The monoisotopic (exact) mass is 424 g/mol. The Kier molecular flexibility index (Phi) is 7.89. The fourth-order valence-electron chi connectivity index (χ4n) is 3.78. The van der Waals surface area contributed by atoms with Crippen molar-refractivity contribution in [3.63, 3.8) is 0 Å². The van der Waals surface area contributed by atoms with Crippen LogP contribution < -0.4 is 20.3 Å². The van der Waals surface area contributed by atoms with Gasteiger partial charge < -0.3 is 20.3 Å². The first-order chi connectivity index (χ1) is 15.0. The second kappa shape index (κ2) is 10.8. The second-order valence-corrected chi connectivity index (χ2v) is 7.76. The van der Waals surface area contributed by atoms with Gasteiger partial charge in [0.05, 0.1) is 25.4 Å². The third-order valence-electron chi connectivity index (χ3n) is 5.44. The first kappa shape index (κ1) is 22.6. The van der Waals surface area contributed by atoms with Gasteiger partial charge in [-0.1, -0.05) is 30.3 Å². The molecule has 2 amide bonds. The Balaban J connectivity index is 1.43. The van der Waals surface area contributed by atoms with Gasteiger partial charge in [-0.05, 0) is 44.0 Å². The van der Waals surface area contributed by atoms with E-state index in [2.05, 4.69) is 26.5 Å². The summed E-state index contributed by atoms with van der Waals surface area (Å²) in [6, 6.07) is 13.9. The van der Waals surface area contributed by atoms with Gasteiger partial charge >= 0.3 is 0 Å². The Hall–Kier alpha value is -3.06. The number of para-hydroxylation sites is 3. The molecular formula is C24H32N4O3. The number of nitrogens with zero attached hydrogens (tertiary/aromatic N) is 2. The smallest absolute Gasteiger partial charge is 0.243 e. The predicted molar refractivity (Wildman–Crippen MR) is 124 cm³/mol. The minimum atomic E-state index is -0.219. The lowest BCUT2D eigenvalue weighted by atomic mass is 10.1. The number of nitrogens with one attached hydrogen (secondary N) is 2. The van der Waals surface area contributed by atoms with Crippen LogP contribution in [-0.2, 0) is 9.59 Å². The average molecular weight is 425 g/mol. The van der Waals surface area contributed by atoms with Crippen LogP contribution in [0.1, 0.15) is 18.1 Å². The van der Waals surface area contributed by atoms with Crippen LogP contribution >= 0.6 is 0 Å². The molecular weight excluding hydrogens is 392 g/mol. The van der Waals surface area contributed by atoms with Crippen LogP contribution in [0.3, 0.4) is 0 Å². The number of aryl methyl sites for hydroxylation is 2. The molecule has 2 aromatic carbocycles. The number of piperazine rings is 1. The first-order valence-electron chi connectivity index (χ1n) is 10.8. The van der Waals surface area contributed by atoms with E-state index in [9.17, 15) is 9.59 Å². The molecule has 0 aliphatic carbocycles. The van der Waals surface area contributed by atoms with Gasteiger partial charge in [0.15, 0.2) is 0 Å². The lowest BCUT2D eigenvalue weighted by Crippen LogP contribution is -2.50. The minimum Gasteiger partial charge on any atom is -0.492 e. The fourth-order valence-corrected chi connectivity index (χ4v) is 3.78. The molecule has 0 spiro atoms. The highest BCUT2D eigenvalue weighted by molar-refractivity contribution is 5.95. The molecule has 3 rings (SSSR count). The predicted octanol–water partition coefficient (Wildman–Crippen LogP) is 2.58. The van der Waals surface area contributed by atoms with Gasteiger partial charge in [0.2, 0.25) is 11.8 Å². The van der Waals surface area contributed by atoms with Crippen LogP contribution in [0.5, 0.6) is 5.75 Å². The maximum atomic E-state index is 12.3. The molecule has 1 heterocycles. The Morgan fingerprint density at radius 1 is 0.935 bits per heavy atom. The molecule has 1 aliphatic rings. The zero-order valence-corrected chi connectivity index (χ0v) is 18.6. The van der Waals surface area contributed by atoms with E-state index in [-0.39, 0.29) is 24.9 Å². The van der Waals surface area contributed by atoms with Crippen molar-refractivity contribution in [3.8, 4) is 5.75 Å². The van der Waals surface area contributed by atoms with Crippen LogP contribution in [0, 0.1) is 13.8 Å². The molecule has 0 aromatic heterocycles. The number of carbonyl (C=O) groups is 2. The number of carbonyl (C=O) groups excluding carboxylic acids is 2. The van der Waals surface area contributed by atoms with Crippen molar-refractivity contribution < 1.29 is 14.3 Å². The number of hydrogen-bond donors (Lipinski definition) is 2. The fraction of sp³-hybridized carbons (Fsp3) is 0.417. The van der Waals surface area contributed by atoms with Gasteiger partial charge in [-0.25, -0.2) is 0 Å². The van der Waals surface area contributed by atoms with Gasteiger partial charge in [0.1, 0.15) is 5.75 Å². The highest BCUT2D eigenvalue weighted by Gasteiger charge is 2.21. The van der Waals surface area contributed by atoms with Crippen LogP contribution in [0.25, 0.3) is 0 Å². The van der Waals surface area contributed by atoms with E-state index >= 15 is 0 Å². The van der Waals surface area contributed by atoms with Gasteiger partial charge in [-0.3, -0.25) is 14.5 Å². The molecule has 0 unspecified atom stereocenters. The summed E-state index contributed by atoms with van der Waals surface area (Å²) in [5.41, 5.74) is 3.91. The van der Waals surface area contributed by atoms with Crippen LogP contribution in [0.4, 0.5) is 11.4 Å². The third kappa shape index (κ3) is 6.21. The van der Waals surface area contributed by atoms with E-state index in [1.54, 1.807) is 0 Å². The summed E-state index contributed by atoms with van der Waals surface area (Å²) in [7, 11) is 0. The quantitative estimate of drug-likeness (QED) is 0.681. The lowest BCUT2D eigenvalue weighted by Gasteiger charge is -2.36. The molecule has 31 heavy (non-hydrogen) atoms. The molecule has 7 nitrogen and oxygen atoms in total. The van der Waals surface area contributed by atoms with Crippen molar-refractivity contribution >= 4 is 23.2 Å². The Morgan fingerprint density at radius 2 is 1.61 bits per heavy atom. The van der Waals surface area contributed by atoms with Crippen molar-refractivity contribution in [2.24, 2.45) is 0 Å². The van der Waals surface area contributed by atoms with Crippen molar-refractivity contribution in [1.29, 1.82) is 0 Å². The number of anilines is 2. The molecule has 166 valence electrons. The number of ether oxygens (including phenoxy) is 1. The van der Waals surface area contributed by atoms with Gasteiger partial charge in [-0.2, -0.15) is 0 Å². The molecule has 0 atom stereocenters. The van der Waals surface area contributed by atoms with E-state index < -0.39 is 0 Å². The second-order valence-electron chi connectivity index (χ2n) is 7.76. The van der Waals surface area contributed by atoms with E-state index in [0.717, 1.165) is 54.4 Å². The summed E-state index contributed by atoms with van der Waals surface area (Å²) >= 11 is 0. The molecule has 2 aromatic rings. The van der Waals surface area contributed by atoms with Crippen molar-refractivity contribution in [2.75, 3.05) is 56.1 Å². The molecule has 0 bridgehead atoms. The van der Waals surface area contributed by atoms with Crippen molar-refractivity contribution in [1.82, 2.24) is 10.2 Å². The molecule has 0 saturated carbocycles. The minimum absolute atomic E-state index is 0.0334. The third-order valence-corrected chi connectivity index (χ3v) is 5.44. The summed E-state index contributed by atoms with van der Waals surface area (Å²) in [4.78, 5) is 29.0. The topological polar surface area (TPSA) is 73.9 Å². The van der Waals surface area contributed by atoms with Crippen molar-refractivity contribution in [3.05, 3.63) is 53.6 Å². The summed E-state index contributed by atoms with van der Waals surface area (Å²) in [5, 5.41) is 5.62. The summed E-state index contributed by atoms with van der Waals surface area (Å²) in [5.74, 6) is 0.536. The van der Waals surface area contributed by atoms with E-state index in [0.29, 0.717) is 6.61 Å². The standard InChI is InChI=1S/C24H32N4O3/c1-4-31-21-11-6-5-10-20(21)28-14-12-27(13-15-28)17-23(30)25-16-22(29)26-24-18(2)8-7-9-19(24)3/h5-11H,4,12-17H2,1-3H3,(H,25,30)(H,26,29). The van der Waals surface area contributed by atoms with E-state index in [4.69, 9.17) is 4.74 Å². The van der Waals surface area contributed by atoms with Gasteiger partial charge in [0.25, 0.3) is 0 Å². The number of benzene rings is 2.